The third kappa shape index (κ3) is 3.21. The van der Waals surface area contributed by atoms with Gasteiger partial charge in [-0.1, -0.05) is 0 Å². The summed E-state index contributed by atoms with van der Waals surface area (Å²) in [5.74, 6) is 2.54. The monoisotopic (exact) mass is 356 g/mol. The molecule has 0 spiro atoms. The average Bonchev–Trinajstić information content (AvgIpc) is 3.03. The van der Waals surface area contributed by atoms with Crippen LogP contribution in [-0.2, 0) is 0 Å². The highest BCUT2D eigenvalue weighted by Gasteiger charge is 2.15. The smallest absolute Gasteiger partial charge is 0.231 e. The van der Waals surface area contributed by atoms with Crippen LogP contribution in [0.15, 0.2) is 18.2 Å². The molecular weight excluding hydrogens is 336 g/mol. The van der Waals surface area contributed by atoms with Crippen LogP contribution in [0.25, 0.3) is 11.0 Å². The Morgan fingerprint density at radius 1 is 1.19 bits per heavy atom. The van der Waals surface area contributed by atoms with E-state index in [0.29, 0.717) is 49.3 Å². The molecule has 0 bridgehead atoms. The molecule has 0 saturated heterocycles. The molecule has 1 aliphatic heterocycles. The summed E-state index contributed by atoms with van der Waals surface area (Å²) in [7, 11) is 0. The van der Waals surface area contributed by atoms with E-state index in [4.69, 9.17) is 14.6 Å². The lowest BCUT2D eigenvalue weighted by molar-refractivity contribution is 0.171. The zero-order valence-corrected chi connectivity index (χ0v) is 14.4. The standard InChI is InChI=1S/C17H20N6O3/c1-10-14-15(18-5-2-6-24)20-17(21-16(14)23-22-10)19-11-3-4-12-13(9-11)26-8-7-25-12/h3-4,9,24H,2,5-8H2,1H3,(H3,18,19,20,21,22,23). The van der Waals surface area contributed by atoms with E-state index < -0.39 is 0 Å². The summed E-state index contributed by atoms with van der Waals surface area (Å²) in [6.45, 7) is 3.71. The van der Waals surface area contributed by atoms with Gasteiger partial charge < -0.3 is 25.2 Å². The van der Waals surface area contributed by atoms with Gasteiger partial charge in [-0.2, -0.15) is 15.1 Å². The number of nitrogens with zero attached hydrogens (tertiary/aromatic N) is 3. The Morgan fingerprint density at radius 3 is 2.88 bits per heavy atom. The number of aromatic amines is 1. The first kappa shape index (κ1) is 16.4. The Bertz CT molecular complexity index is 926. The molecule has 2 aromatic heterocycles. The molecule has 3 heterocycles. The number of hydrogen-bond donors (Lipinski definition) is 4. The molecule has 1 aliphatic rings. The summed E-state index contributed by atoms with van der Waals surface area (Å²) in [6, 6.07) is 5.60. The molecule has 0 amide bonds. The van der Waals surface area contributed by atoms with Crippen molar-refractivity contribution in [3.63, 3.8) is 0 Å². The molecular formula is C17H20N6O3. The molecule has 0 saturated carbocycles. The summed E-state index contributed by atoms with van der Waals surface area (Å²) in [4.78, 5) is 9.06. The van der Waals surface area contributed by atoms with E-state index in [2.05, 4.69) is 30.8 Å². The Hall–Kier alpha value is -3.07. The molecule has 0 fully saturated rings. The van der Waals surface area contributed by atoms with Crippen LogP contribution >= 0.6 is 0 Å². The third-order valence-electron chi connectivity index (χ3n) is 4.03. The maximum absolute atomic E-state index is 8.99. The highest BCUT2D eigenvalue weighted by molar-refractivity contribution is 5.90. The first-order chi connectivity index (χ1) is 12.7. The van der Waals surface area contributed by atoms with Crippen LogP contribution in [0.4, 0.5) is 17.5 Å². The molecule has 4 rings (SSSR count). The van der Waals surface area contributed by atoms with Gasteiger partial charge in [-0.15, -0.1) is 0 Å². The van der Waals surface area contributed by atoms with E-state index in [1.807, 2.05) is 25.1 Å². The van der Waals surface area contributed by atoms with Crippen molar-refractivity contribution in [2.45, 2.75) is 13.3 Å². The van der Waals surface area contributed by atoms with Crippen molar-refractivity contribution >= 4 is 28.5 Å². The van der Waals surface area contributed by atoms with E-state index in [9.17, 15) is 0 Å². The molecule has 136 valence electrons. The number of aliphatic hydroxyl groups is 1. The predicted molar refractivity (Wildman–Crippen MR) is 97.3 cm³/mol. The van der Waals surface area contributed by atoms with Gasteiger partial charge in [0, 0.05) is 24.9 Å². The summed E-state index contributed by atoms with van der Waals surface area (Å²) in [5, 5.41) is 23.4. The number of ether oxygens (including phenoxy) is 2. The van der Waals surface area contributed by atoms with Crippen LogP contribution in [0, 0.1) is 6.92 Å². The lowest BCUT2D eigenvalue weighted by atomic mass is 10.2. The van der Waals surface area contributed by atoms with E-state index in [-0.39, 0.29) is 6.61 Å². The lowest BCUT2D eigenvalue weighted by Gasteiger charge is -2.19. The second-order valence-corrected chi connectivity index (χ2v) is 5.92. The number of aliphatic hydroxyl groups excluding tert-OH is 1. The second kappa shape index (κ2) is 7.04. The van der Waals surface area contributed by atoms with Crippen LogP contribution in [0.1, 0.15) is 12.1 Å². The van der Waals surface area contributed by atoms with Crippen molar-refractivity contribution < 1.29 is 14.6 Å². The molecule has 9 heteroatoms. The van der Waals surface area contributed by atoms with Gasteiger partial charge in [0.2, 0.25) is 5.95 Å². The summed E-state index contributed by atoms with van der Waals surface area (Å²) >= 11 is 0. The van der Waals surface area contributed by atoms with Crippen molar-refractivity contribution in [2.24, 2.45) is 0 Å². The van der Waals surface area contributed by atoms with Gasteiger partial charge in [-0.05, 0) is 25.5 Å². The largest absolute Gasteiger partial charge is 0.486 e. The topological polar surface area (TPSA) is 117 Å². The maximum Gasteiger partial charge on any atom is 0.231 e. The number of aryl methyl sites for hydroxylation is 1. The van der Waals surface area contributed by atoms with Crippen LogP contribution in [0.2, 0.25) is 0 Å². The van der Waals surface area contributed by atoms with Gasteiger partial charge in [0.05, 0.1) is 11.1 Å². The number of benzene rings is 1. The first-order valence-electron chi connectivity index (χ1n) is 8.49. The zero-order chi connectivity index (χ0) is 17.9. The second-order valence-electron chi connectivity index (χ2n) is 5.92. The van der Waals surface area contributed by atoms with Gasteiger partial charge >= 0.3 is 0 Å². The number of rotatable bonds is 6. The third-order valence-corrected chi connectivity index (χ3v) is 4.03. The summed E-state index contributed by atoms with van der Waals surface area (Å²) in [6.07, 6.45) is 0.632. The molecule has 3 aromatic rings. The van der Waals surface area contributed by atoms with Crippen LogP contribution in [-0.4, -0.2) is 51.6 Å². The SMILES string of the molecule is Cc1n[nH]c2nc(Nc3ccc4c(c3)OCCO4)nc(NCCCO)c12. The van der Waals surface area contributed by atoms with Gasteiger partial charge in [0.25, 0.3) is 0 Å². The van der Waals surface area contributed by atoms with E-state index in [1.54, 1.807) is 0 Å². The highest BCUT2D eigenvalue weighted by atomic mass is 16.6. The van der Waals surface area contributed by atoms with E-state index >= 15 is 0 Å². The molecule has 0 radical (unpaired) electrons. The highest BCUT2D eigenvalue weighted by Crippen LogP contribution is 2.33. The number of H-pyrrole nitrogens is 1. The number of anilines is 3. The van der Waals surface area contributed by atoms with Gasteiger partial charge in [0.15, 0.2) is 17.1 Å². The number of fused-ring (bicyclic) bond motifs is 2. The van der Waals surface area contributed by atoms with Gasteiger partial charge in [-0.3, -0.25) is 5.10 Å². The fourth-order valence-corrected chi connectivity index (χ4v) is 2.80. The number of nitrogens with one attached hydrogen (secondary N) is 3. The van der Waals surface area contributed by atoms with Crippen LogP contribution in [0.5, 0.6) is 11.5 Å². The number of aromatic nitrogens is 4. The molecule has 4 N–H and O–H groups in total. The van der Waals surface area contributed by atoms with Crippen molar-refractivity contribution in [3.8, 4) is 11.5 Å². The Kier molecular flexibility index (Phi) is 4.44. The fraction of sp³-hybridized carbons (Fsp3) is 0.353. The molecule has 0 atom stereocenters. The minimum absolute atomic E-state index is 0.119. The van der Waals surface area contributed by atoms with E-state index in [1.165, 1.54) is 0 Å². The van der Waals surface area contributed by atoms with Crippen molar-refractivity contribution in [1.82, 2.24) is 20.2 Å². The Labute approximate surface area is 149 Å². The quantitative estimate of drug-likeness (QED) is 0.495. The Morgan fingerprint density at radius 2 is 2.04 bits per heavy atom. The summed E-state index contributed by atoms with van der Waals surface area (Å²) in [5.41, 5.74) is 2.26. The van der Waals surface area contributed by atoms with Crippen LogP contribution < -0.4 is 20.1 Å². The molecule has 0 aliphatic carbocycles. The number of hydrogen-bond acceptors (Lipinski definition) is 8. The first-order valence-corrected chi connectivity index (χ1v) is 8.49. The minimum atomic E-state index is 0.119. The lowest BCUT2D eigenvalue weighted by Crippen LogP contribution is -2.15. The normalized spacial score (nSPS) is 13.0. The van der Waals surface area contributed by atoms with Gasteiger partial charge in [0.1, 0.15) is 19.0 Å². The zero-order valence-electron chi connectivity index (χ0n) is 14.4. The van der Waals surface area contributed by atoms with Crippen molar-refractivity contribution in [3.05, 3.63) is 23.9 Å². The average molecular weight is 356 g/mol. The van der Waals surface area contributed by atoms with Crippen molar-refractivity contribution in [1.29, 1.82) is 0 Å². The maximum atomic E-state index is 8.99. The molecule has 9 nitrogen and oxygen atoms in total. The minimum Gasteiger partial charge on any atom is -0.486 e. The Balaban J connectivity index is 1.63. The molecule has 1 aromatic carbocycles. The predicted octanol–water partition coefficient (Wildman–Crippen LogP) is 1.97. The molecule has 0 unspecified atom stereocenters. The molecule has 26 heavy (non-hydrogen) atoms. The van der Waals surface area contributed by atoms with Crippen molar-refractivity contribution in [2.75, 3.05) is 37.0 Å². The summed E-state index contributed by atoms with van der Waals surface area (Å²) < 4.78 is 11.1. The van der Waals surface area contributed by atoms with E-state index in [0.717, 1.165) is 22.5 Å². The van der Waals surface area contributed by atoms with Crippen LogP contribution in [0.3, 0.4) is 0 Å². The fourth-order valence-electron chi connectivity index (χ4n) is 2.80. The van der Waals surface area contributed by atoms with Gasteiger partial charge in [-0.25, -0.2) is 0 Å².